The van der Waals surface area contributed by atoms with Crippen molar-refractivity contribution < 1.29 is 19.5 Å². The molecule has 7 nitrogen and oxygen atoms in total. The van der Waals surface area contributed by atoms with Gasteiger partial charge in [-0.2, -0.15) is 0 Å². The fraction of sp³-hybridized carbons (Fsp3) is 0.312. The normalized spacial score (nSPS) is 23.6. The first-order valence-electron chi connectivity index (χ1n) is 7.50. The van der Waals surface area contributed by atoms with E-state index in [0.717, 1.165) is 0 Å². The monoisotopic (exact) mass is 381 g/mol. The van der Waals surface area contributed by atoms with E-state index in [1.54, 1.807) is 31.2 Å². The van der Waals surface area contributed by atoms with Crippen molar-refractivity contribution in [1.82, 2.24) is 10.2 Å². The smallest absolute Gasteiger partial charge is 0.352 e. The number of carboxylic acids is 1. The zero-order valence-corrected chi connectivity index (χ0v) is 14.8. The summed E-state index contributed by atoms with van der Waals surface area (Å²) < 4.78 is 0. The number of amides is 2. The fourth-order valence-corrected chi connectivity index (χ4v) is 4.26. The lowest BCUT2D eigenvalue weighted by molar-refractivity contribution is -0.150. The molecule has 0 aliphatic carbocycles. The van der Waals surface area contributed by atoms with E-state index in [0.29, 0.717) is 21.9 Å². The molecule has 2 aliphatic heterocycles. The molecule has 1 aromatic rings. The van der Waals surface area contributed by atoms with Crippen LogP contribution < -0.4 is 11.1 Å². The maximum Gasteiger partial charge on any atom is 0.352 e. The predicted octanol–water partition coefficient (Wildman–Crippen LogP) is 1.10. The van der Waals surface area contributed by atoms with Crippen LogP contribution in [-0.2, 0) is 14.4 Å². The van der Waals surface area contributed by atoms with Crippen LogP contribution in [0.2, 0.25) is 5.02 Å². The van der Waals surface area contributed by atoms with Gasteiger partial charge < -0.3 is 16.2 Å². The summed E-state index contributed by atoms with van der Waals surface area (Å²) in [6, 6.07) is 4.83. The van der Waals surface area contributed by atoms with Crippen molar-refractivity contribution in [3.8, 4) is 0 Å². The van der Waals surface area contributed by atoms with E-state index in [1.165, 1.54) is 16.7 Å². The minimum Gasteiger partial charge on any atom is -0.477 e. The molecule has 9 heteroatoms. The van der Waals surface area contributed by atoms with Crippen LogP contribution in [0, 0.1) is 0 Å². The maximum absolute atomic E-state index is 12.4. The highest BCUT2D eigenvalue weighted by Crippen LogP contribution is 2.40. The van der Waals surface area contributed by atoms with Crippen LogP contribution in [-0.4, -0.2) is 45.0 Å². The molecular formula is C16H16ClN3O4S. The Bertz CT molecular complexity index is 780. The minimum absolute atomic E-state index is 0.00116. The predicted molar refractivity (Wildman–Crippen MR) is 93.7 cm³/mol. The Labute approximate surface area is 153 Å². The number of halogens is 1. The van der Waals surface area contributed by atoms with Crippen LogP contribution >= 0.6 is 23.4 Å². The molecule has 1 aromatic carbocycles. The number of hydrogen-bond donors (Lipinski definition) is 3. The Balaban J connectivity index is 1.71. The summed E-state index contributed by atoms with van der Waals surface area (Å²) in [5.41, 5.74) is 7.14. The number of nitrogens with one attached hydrogen (secondary N) is 1. The molecule has 4 N–H and O–H groups in total. The Kier molecular flexibility index (Phi) is 4.77. The van der Waals surface area contributed by atoms with Gasteiger partial charge in [-0.1, -0.05) is 23.7 Å². The van der Waals surface area contributed by atoms with Gasteiger partial charge in [0.15, 0.2) is 0 Å². The molecule has 132 valence electrons. The second-order valence-electron chi connectivity index (χ2n) is 5.86. The number of β-lactam (4-membered cyclic amide) rings is 1. The minimum atomic E-state index is -1.14. The lowest BCUT2D eigenvalue weighted by atomic mass is 10.0. The average molecular weight is 382 g/mol. The van der Waals surface area contributed by atoms with E-state index in [4.69, 9.17) is 17.3 Å². The molecule has 25 heavy (non-hydrogen) atoms. The van der Waals surface area contributed by atoms with Crippen molar-refractivity contribution in [2.24, 2.45) is 5.73 Å². The third-order valence-electron chi connectivity index (χ3n) is 4.17. The third kappa shape index (κ3) is 3.12. The van der Waals surface area contributed by atoms with E-state index in [-0.39, 0.29) is 5.70 Å². The van der Waals surface area contributed by atoms with Gasteiger partial charge in [0.25, 0.3) is 5.91 Å². The van der Waals surface area contributed by atoms with Gasteiger partial charge in [0.1, 0.15) is 23.2 Å². The molecule has 3 rings (SSSR count). The molecular weight excluding hydrogens is 366 g/mol. The van der Waals surface area contributed by atoms with E-state index in [2.05, 4.69) is 5.32 Å². The third-order valence-corrected chi connectivity index (χ3v) is 5.85. The molecule has 2 aliphatic rings. The standard InChI is InChI=1S/C16H16ClN3O4S/c1-7-6-25-15-11(14(22)20(15)12(7)16(23)24)19-13(21)10(18)8-2-4-9(17)5-3-8/h2-5,10-11,15H,6,18H2,1H3,(H,19,21)(H,23,24)/t10-,11-,15-/m1/s1. The van der Waals surface area contributed by atoms with Crippen LogP contribution in [0.5, 0.6) is 0 Å². The van der Waals surface area contributed by atoms with Crippen molar-refractivity contribution in [2.75, 3.05) is 5.75 Å². The van der Waals surface area contributed by atoms with Crippen molar-refractivity contribution in [3.05, 3.63) is 46.1 Å². The van der Waals surface area contributed by atoms with Gasteiger partial charge in [-0.3, -0.25) is 14.5 Å². The number of carbonyl (C=O) groups is 3. The fourth-order valence-electron chi connectivity index (χ4n) is 2.84. The molecule has 0 aromatic heterocycles. The quantitative estimate of drug-likeness (QED) is 0.673. The maximum atomic E-state index is 12.4. The highest BCUT2D eigenvalue weighted by atomic mass is 35.5. The number of hydrogen-bond acceptors (Lipinski definition) is 5. The lowest BCUT2D eigenvalue weighted by Crippen LogP contribution is -2.71. The Morgan fingerprint density at radius 2 is 2.04 bits per heavy atom. The molecule has 2 heterocycles. The first kappa shape index (κ1) is 17.8. The van der Waals surface area contributed by atoms with E-state index >= 15 is 0 Å². The first-order chi connectivity index (χ1) is 11.8. The number of nitrogens with zero attached hydrogens (tertiary/aromatic N) is 1. The zero-order chi connectivity index (χ0) is 18.3. The van der Waals surface area contributed by atoms with Crippen LogP contribution in [0.3, 0.4) is 0 Å². The molecule has 0 radical (unpaired) electrons. The van der Waals surface area contributed by atoms with Gasteiger partial charge in [-0.15, -0.1) is 11.8 Å². The van der Waals surface area contributed by atoms with Gasteiger partial charge in [0.05, 0.1) is 0 Å². The van der Waals surface area contributed by atoms with Crippen molar-refractivity contribution >= 4 is 41.1 Å². The number of carbonyl (C=O) groups excluding carboxylic acids is 2. The molecule has 0 bridgehead atoms. The van der Waals surface area contributed by atoms with Crippen LogP contribution in [0.15, 0.2) is 35.5 Å². The van der Waals surface area contributed by atoms with Crippen LogP contribution in [0.1, 0.15) is 18.5 Å². The highest BCUT2D eigenvalue weighted by Gasteiger charge is 2.53. The summed E-state index contributed by atoms with van der Waals surface area (Å²) in [4.78, 5) is 37.3. The molecule has 0 spiro atoms. The molecule has 1 saturated heterocycles. The lowest BCUT2D eigenvalue weighted by Gasteiger charge is -2.49. The number of nitrogens with two attached hydrogens (primary N) is 1. The van der Waals surface area contributed by atoms with Gasteiger partial charge in [-0.05, 0) is 30.2 Å². The van der Waals surface area contributed by atoms with Crippen molar-refractivity contribution in [2.45, 2.75) is 24.4 Å². The van der Waals surface area contributed by atoms with E-state index in [1.807, 2.05) is 0 Å². The van der Waals surface area contributed by atoms with Gasteiger partial charge in [0, 0.05) is 10.8 Å². The summed E-state index contributed by atoms with van der Waals surface area (Å²) in [5.74, 6) is -1.58. The molecule has 0 unspecified atom stereocenters. The van der Waals surface area contributed by atoms with Crippen LogP contribution in [0.25, 0.3) is 0 Å². The molecule has 1 fully saturated rings. The molecule has 3 atom stereocenters. The summed E-state index contributed by atoms with van der Waals surface area (Å²) in [6.45, 7) is 1.68. The average Bonchev–Trinajstić information content (AvgIpc) is 2.58. The molecule has 0 saturated carbocycles. The summed E-state index contributed by atoms with van der Waals surface area (Å²) >= 11 is 7.23. The number of benzene rings is 1. The summed E-state index contributed by atoms with van der Waals surface area (Å²) in [6.07, 6.45) is 0. The second-order valence-corrected chi connectivity index (χ2v) is 7.40. The number of rotatable bonds is 4. The number of thioether (sulfide) groups is 1. The second kappa shape index (κ2) is 6.70. The zero-order valence-electron chi connectivity index (χ0n) is 13.2. The van der Waals surface area contributed by atoms with E-state index < -0.39 is 35.2 Å². The van der Waals surface area contributed by atoms with Crippen molar-refractivity contribution in [1.29, 1.82) is 0 Å². The Morgan fingerprint density at radius 1 is 1.40 bits per heavy atom. The van der Waals surface area contributed by atoms with E-state index in [9.17, 15) is 19.5 Å². The van der Waals surface area contributed by atoms with Gasteiger partial charge >= 0.3 is 5.97 Å². The largest absolute Gasteiger partial charge is 0.477 e. The topological polar surface area (TPSA) is 113 Å². The molecule has 2 amide bonds. The number of fused-ring (bicyclic) bond motifs is 1. The van der Waals surface area contributed by atoms with Gasteiger partial charge in [-0.25, -0.2) is 4.79 Å². The summed E-state index contributed by atoms with van der Waals surface area (Å²) in [5, 5.41) is 12.0. The van der Waals surface area contributed by atoms with Crippen LogP contribution in [0.4, 0.5) is 0 Å². The van der Waals surface area contributed by atoms with Crippen molar-refractivity contribution in [3.63, 3.8) is 0 Å². The first-order valence-corrected chi connectivity index (χ1v) is 8.93. The summed E-state index contributed by atoms with van der Waals surface area (Å²) in [7, 11) is 0. The Hall–Kier alpha value is -2.03. The Morgan fingerprint density at radius 3 is 2.64 bits per heavy atom. The number of carboxylic acid groups (broad SMARTS) is 1. The van der Waals surface area contributed by atoms with Gasteiger partial charge in [0.2, 0.25) is 5.91 Å². The SMILES string of the molecule is CC1=C(C(=O)O)N2C(=O)[C@@H](NC(=O)[C@H](N)c3ccc(Cl)cc3)[C@H]2SC1. The highest BCUT2D eigenvalue weighted by molar-refractivity contribution is 8.00. The number of aliphatic carboxylic acids is 1.